The number of hydrogen-bond acceptors (Lipinski definition) is 5. The Morgan fingerprint density at radius 2 is 1.93 bits per heavy atom. The third-order valence-corrected chi connectivity index (χ3v) is 5.89. The number of carbonyl (C=O) groups excluding carboxylic acids is 1. The molecule has 2 aromatic rings. The van der Waals surface area contributed by atoms with Gasteiger partial charge in [0.15, 0.2) is 0 Å². The van der Waals surface area contributed by atoms with Gasteiger partial charge in [0.25, 0.3) is 5.56 Å². The van der Waals surface area contributed by atoms with Gasteiger partial charge in [0, 0.05) is 12.6 Å². The third kappa shape index (κ3) is 4.93. The van der Waals surface area contributed by atoms with Crippen molar-refractivity contribution in [1.29, 1.82) is 0 Å². The molecule has 1 aliphatic rings. The molecule has 1 aromatic carbocycles. The molecule has 1 aliphatic carbocycles. The molecule has 1 amide bonds. The summed E-state index contributed by atoms with van der Waals surface area (Å²) in [5.74, 6) is 0.363. The van der Waals surface area contributed by atoms with Gasteiger partial charge in [0.05, 0.1) is 13.1 Å². The number of nitrogens with zero attached hydrogens (tertiary/aromatic N) is 2. The first-order valence-corrected chi connectivity index (χ1v) is 10.6. The Morgan fingerprint density at radius 1 is 1.23 bits per heavy atom. The minimum Gasteiger partial charge on any atom is -0.383 e. The van der Waals surface area contributed by atoms with Crippen LogP contribution in [0.5, 0.6) is 0 Å². The van der Waals surface area contributed by atoms with Crippen molar-refractivity contribution < 1.29 is 4.79 Å². The summed E-state index contributed by atoms with van der Waals surface area (Å²) in [6, 6.07) is 9.56. The Balaban J connectivity index is 1.83. The van der Waals surface area contributed by atoms with Crippen molar-refractivity contribution in [3.8, 4) is 0 Å². The van der Waals surface area contributed by atoms with Gasteiger partial charge in [-0.3, -0.25) is 19.1 Å². The van der Waals surface area contributed by atoms with Gasteiger partial charge in [-0.15, -0.1) is 0 Å². The predicted molar refractivity (Wildman–Crippen MR) is 119 cm³/mol. The van der Waals surface area contributed by atoms with Crippen LogP contribution in [0, 0.1) is 5.92 Å². The summed E-state index contributed by atoms with van der Waals surface area (Å²) in [6.45, 7) is 4.66. The maximum Gasteiger partial charge on any atom is 0.330 e. The highest BCUT2D eigenvalue weighted by molar-refractivity contribution is 5.82. The molecule has 8 heteroatoms. The van der Waals surface area contributed by atoms with Crippen LogP contribution in [0.1, 0.15) is 45.1 Å². The summed E-state index contributed by atoms with van der Waals surface area (Å²) in [6.07, 6.45) is 4.40. The molecule has 2 unspecified atom stereocenters. The van der Waals surface area contributed by atoms with Crippen molar-refractivity contribution in [1.82, 2.24) is 14.9 Å². The fourth-order valence-electron chi connectivity index (χ4n) is 4.11. The van der Waals surface area contributed by atoms with Crippen molar-refractivity contribution in [3.63, 3.8) is 0 Å². The van der Waals surface area contributed by atoms with E-state index in [0.29, 0.717) is 12.5 Å². The lowest BCUT2D eigenvalue weighted by Crippen LogP contribution is -2.47. The number of aromatic nitrogens is 2. The quantitative estimate of drug-likeness (QED) is 0.639. The number of nitrogens with one attached hydrogen (secondary N) is 2. The lowest BCUT2D eigenvalue weighted by Gasteiger charge is -2.31. The van der Waals surface area contributed by atoms with Crippen LogP contribution in [0.15, 0.2) is 39.9 Å². The smallest absolute Gasteiger partial charge is 0.330 e. The van der Waals surface area contributed by atoms with Crippen LogP contribution in [0.2, 0.25) is 0 Å². The highest BCUT2D eigenvalue weighted by atomic mass is 16.2. The highest BCUT2D eigenvalue weighted by Gasteiger charge is 2.25. The van der Waals surface area contributed by atoms with E-state index in [1.54, 1.807) is 4.90 Å². The maximum absolute atomic E-state index is 12.7. The monoisotopic (exact) mass is 413 g/mol. The summed E-state index contributed by atoms with van der Waals surface area (Å²) < 4.78 is 1.33. The molecule has 0 spiro atoms. The van der Waals surface area contributed by atoms with E-state index in [4.69, 9.17) is 5.73 Å². The molecule has 4 N–H and O–H groups in total. The highest BCUT2D eigenvalue weighted by Crippen LogP contribution is 2.24. The Hall–Kier alpha value is -3.03. The van der Waals surface area contributed by atoms with Crippen molar-refractivity contribution in [3.05, 3.63) is 56.7 Å². The summed E-state index contributed by atoms with van der Waals surface area (Å²) in [7, 11) is 0. The Kier molecular flexibility index (Phi) is 6.97. The third-order valence-electron chi connectivity index (χ3n) is 5.89. The van der Waals surface area contributed by atoms with Crippen LogP contribution in [0.4, 0.5) is 11.5 Å². The van der Waals surface area contributed by atoms with Gasteiger partial charge < -0.3 is 16.0 Å². The Bertz CT molecular complexity index is 983. The fourth-order valence-corrected chi connectivity index (χ4v) is 4.11. The van der Waals surface area contributed by atoms with Gasteiger partial charge in [-0.1, -0.05) is 50.1 Å². The van der Waals surface area contributed by atoms with Gasteiger partial charge >= 0.3 is 5.69 Å². The average Bonchev–Trinajstić information content (AvgIpc) is 2.72. The lowest BCUT2D eigenvalue weighted by molar-refractivity contribution is -0.121. The van der Waals surface area contributed by atoms with Crippen LogP contribution >= 0.6 is 0 Å². The zero-order valence-corrected chi connectivity index (χ0v) is 17.7. The molecule has 0 radical (unpaired) electrons. The Labute approximate surface area is 176 Å². The second-order valence-corrected chi connectivity index (χ2v) is 8.01. The molecule has 2 atom stereocenters. The average molecular weight is 414 g/mol. The van der Waals surface area contributed by atoms with Crippen molar-refractivity contribution in [2.24, 2.45) is 5.92 Å². The van der Waals surface area contributed by atoms with E-state index in [0.717, 1.165) is 24.8 Å². The minimum absolute atomic E-state index is 0.0105. The Morgan fingerprint density at radius 3 is 2.60 bits per heavy atom. The molecular weight excluding hydrogens is 382 g/mol. The summed E-state index contributed by atoms with van der Waals surface area (Å²) in [5, 5.41) is 3.11. The molecular formula is C22H31N5O3. The van der Waals surface area contributed by atoms with Gasteiger partial charge in [-0.25, -0.2) is 4.79 Å². The summed E-state index contributed by atoms with van der Waals surface area (Å²) >= 11 is 0. The number of likely N-dealkylation sites (N-methyl/N-ethyl adjacent to an activating group) is 1. The van der Waals surface area contributed by atoms with E-state index in [9.17, 15) is 14.4 Å². The second-order valence-electron chi connectivity index (χ2n) is 8.01. The van der Waals surface area contributed by atoms with Crippen molar-refractivity contribution >= 4 is 17.4 Å². The number of carbonyl (C=O) groups is 1. The standard InChI is InChI=1S/C22H31N5O3/c1-3-26(14-18(28)24-17-12-8-7-9-15(17)2)19-20(23)27(22(30)25-21(19)29)13-16-10-5-4-6-11-16/h4-6,10-11,15,17H,3,7-9,12-14,23H2,1-2H3,(H,24,28)(H,25,29,30). The molecule has 3 rings (SSSR count). The molecule has 0 saturated heterocycles. The summed E-state index contributed by atoms with van der Waals surface area (Å²) in [4.78, 5) is 41.6. The van der Waals surface area contributed by atoms with Gasteiger partial charge in [-0.05, 0) is 31.2 Å². The number of H-pyrrole nitrogens is 1. The van der Waals surface area contributed by atoms with Crippen molar-refractivity contribution in [2.75, 3.05) is 23.7 Å². The van der Waals surface area contributed by atoms with E-state index in [1.807, 2.05) is 37.3 Å². The van der Waals surface area contributed by atoms with Crippen LogP contribution < -0.4 is 27.2 Å². The molecule has 0 bridgehead atoms. The largest absolute Gasteiger partial charge is 0.383 e. The van der Waals surface area contributed by atoms with E-state index < -0.39 is 11.2 Å². The lowest BCUT2D eigenvalue weighted by atomic mass is 9.86. The van der Waals surface area contributed by atoms with Gasteiger partial charge in [-0.2, -0.15) is 0 Å². The zero-order chi connectivity index (χ0) is 21.7. The number of anilines is 2. The molecule has 1 heterocycles. The van der Waals surface area contributed by atoms with E-state index in [2.05, 4.69) is 17.2 Å². The topological polar surface area (TPSA) is 113 Å². The number of rotatable bonds is 7. The van der Waals surface area contributed by atoms with Crippen molar-refractivity contribution in [2.45, 2.75) is 52.1 Å². The second kappa shape index (κ2) is 9.65. The molecule has 0 aliphatic heterocycles. The first-order valence-electron chi connectivity index (χ1n) is 10.6. The number of nitrogen functional groups attached to an aromatic ring is 1. The predicted octanol–water partition coefficient (Wildman–Crippen LogP) is 1.69. The zero-order valence-electron chi connectivity index (χ0n) is 17.7. The van der Waals surface area contributed by atoms with E-state index in [-0.39, 0.29) is 36.5 Å². The number of hydrogen-bond donors (Lipinski definition) is 3. The number of nitrogens with two attached hydrogens (primary N) is 1. The molecule has 1 aromatic heterocycles. The first kappa shape index (κ1) is 21.7. The summed E-state index contributed by atoms with van der Waals surface area (Å²) in [5.41, 5.74) is 6.15. The van der Waals surface area contributed by atoms with Crippen LogP contribution in [0.3, 0.4) is 0 Å². The molecule has 1 fully saturated rings. The SMILES string of the molecule is CCN(CC(=O)NC1CCCCC1C)c1c(N)n(Cc2ccccc2)c(=O)[nH]c1=O. The van der Waals surface area contributed by atoms with Gasteiger partial charge in [0.2, 0.25) is 5.91 Å². The first-order chi connectivity index (χ1) is 14.4. The van der Waals surface area contributed by atoms with Crippen LogP contribution in [-0.4, -0.2) is 34.6 Å². The molecule has 1 saturated carbocycles. The molecule has 30 heavy (non-hydrogen) atoms. The maximum atomic E-state index is 12.7. The number of amides is 1. The minimum atomic E-state index is -0.581. The van der Waals surface area contributed by atoms with E-state index in [1.165, 1.54) is 11.0 Å². The normalized spacial score (nSPS) is 18.7. The van der Waals surface area contributed by atoms with Gasteiger partial charge in [0.1, 0.15) is 11.5 Å². The van der Waals surface area contributed by atoms with Crippen LogP contribution in [-0.2, 0) is 11.3 Å². The number of benzene rings is 1. The molecule has 162 valence electrons. The number of aromatic amines is 1. The van der Waals surface area contributed by atoms with E-state index >= 15 is 0 Å². The van der Waals surface area contributed by atoms with Crippen LogP contribution in [0.25, 0.3) is 0 Å². The fraction of sp³-hybridized carbons (Fsp3) is 0.500. The molecule has 8 nitrogen and oxygen atoms in total.